The predicted molar refractivity (Wildman–Crippen MR) is 72.7 cm³/mol. The molecule has 0 amide bonds. The van der Waals surface area contributed by atoms with Gasteiger partial charge in [-0.3, -0.25) is 0 Å². The lowest BCUT2D eigenvalue weighted by atomic mass is 9.79. The minimum absolute atomic E-state index is 0.682. The third kappa shape index (κ3) is 3.26. The van der Waals surface area contributed by atoms with E-state index in [4.69, 9.17) is 16.3 Å². The second-order valence-electron chi connectivity index (χ2n) is 4.70. The lowest BCUT2D eigenvalue weighted by Crippen LogP contribution is -2.11. The summed E-state index contributed by atoms with van der Waals surface area (Å²) in [6.45, 7) is 0. The van der Waals surface area contributed by atoms with Gasteiger partial charge < -0.3 is 4.74 Å². The van der Waals surface area contributed by atoms with Gasteiger partial charge in [0.15, 0.2) is 0 Å². The van der Waals surface area contributed by atoms with Gasteiger partial charge in [-0.2, -0.15) is 0 Å². The van der Waals surface area contributed by atoms with E-state index in [0.29, 0.717) is 11.8 Å². The first-order chi connectivity index (χ1) is 8.33. The van der Waals surface area contributed by atoms with E-state index in [1.807, 2.05) is 0 Å². The highest BCUT2D eigenvalue weighted by atomic mass is 35.5. The minimum atomic E-state index is 0.682. The van der Waals surface area contributed by atoms with Gasteiger partial charge in [-0.25, -0.2) is 0 Å². The highest BCUT2D eigenvalue weighted by Crippen LogP contribution is 2.36. The molecule has 1 aliphatic carbocycles. The van der Waals surface area contributed by atoms with Crippen LogP contribution in [0.5, 0.6) is 5.75 Å². The van der Waals surface area contributed by atoms with Gasteiger partial charge in [0.25, 0.3) is 0 Å². The topological polar surface area (TPSA) is 9.23 Å². The third-order valence-corrected chi connectivity index (χ3v) is 3.85. The van der Waals surface area contributed by atoms with Crippen molar-refractivity contribution in [3.63, 3.8) is 0 Å². The fraction of sp³-hybridized carbons (Fsp3) is 0.467. The molecule has 1 nitrogen and oxygen atoms in total. The van der Waals surface area contributed by atoms with Gasteiger partial charge in [0.1, 0.15) is 5.75 Å². The first-order valence-electron chi connectivity index (χ1n) is 6.24. The summed E-state index contributed by atoms with van der Waals surface area (Å²) in [5, 5.41) is 0. The number of ether oxygens (including phenoxy) is 1. The average Bonchev–Trinajstić information content (AvgIpc) is 2.40. The van der Waals surface area contributed by atoms with Gasteiger partial charge in [0.05, 0.1) is 7.11 Å². The Hall–Kier alpha value is -0.950. The Morgan fingerprint density at radius 3 is 2.29 bits per heavy atom. The van der Waals surface area contributed by atoms with Crippen molar-refractivity contribution in [3.8, 4) is 5.75 Å². The van der Waals surface area contributed by atoms with Crippen molar-refractivity contribution in [3.05, 3.63) is 41.4 Å². The number of allylic oxidation sites excluding steroid dienone is 1. The molecule has 0 heterocycles. The van der Waals surface area contributed by atoms with Crippen molar-refractivity contribution in [2.24, 2.45) is 5.92 Å². The van der Waals surface area contributed by atoms with Crippen LogP contribution >= 0.6 is 11.6 Å². The summed E-state index contributed by atoms with van der Waals surface area (Å²) < 4.78 is 5.18. The molecule has 0 bridgehead atoms. The summed E-state index contributed by atoms with van der Waals surface area (Å²) in [5.41, 5.74) is 3.11. The van der Waals surface area contributed by atoms with E-state index < -0.39 is 0 Å². The first kappa shape index (κ1) is 12.5. The summed E-state index contributed by atoms with van der Waals surface area (Å²) in [6.07, 6.45) is 7.15. The second kappa shape index (κ2) is 6.11. The molecule has 1 aliphatic rings. The molecule has 2 heteroatoms. The van der Waals surface area contributed by atoms with Crippen molar-refractivity contribution in [1.29, 1.82) is 0 Å². The molecule has 0 aromatic heterocycles. The van der Waals surface area contributed by atoms with Crippen LogP contribution in [-0.2, 0) is 0 Å². The predicted octanol–water partition coefficient (Wildman–Crippen LogP) is 4.72. The highest BCUT2D eigenvalue weighted by Gasteiger charge is 2.20. The van der Waals surface area contributed by atoms with Crippen LogP contribution < -0.4 is 4.74 Å². The van der Waals surface area contributed by atoms with Crippen molar-refractivity contribution < 1.29 is 4.74 Å². The molecule has 1 fully saturated rings. The SMILES string of the molecule is COc1ccc(C2CCC(/C=C/Cl)CC2)cc1. The van der Waals surface area contributed by atoms with Crippen LogP contribution in [0.25, 0.3) is 0 Å². The summed E-state index contributed by atoms with van der Waals surface area (Å²) in [5.74, 6) is 2.33. The van der Waals surface area contributed by atoms with Gasteiger partial charge in [0.2, 0.25) is 0 Å². The van der Waals surface area contributed by atoms with E-state index in [1.165, 1.54) is 31.2 Å². The smallest absolute Gasteiger partial charge is 0.118 e. The number of methoxy groups -OCH3 is 1. The Kier molecular flexibility index (Phi) is 4.49. The van der Waals surface area contributed by atoms with Crippen molar-refractivity contribution in [2.45, 2.75) is 31.6 Å². The molecule has 2 rings (SSSR count). The van der Waals surface area contributed by atoms with Crippen molar-refractivity contribution in [1.82, 2.24) is 0 Å². The van der Waals surface area contributed by atoms with Crippen LogP contribution in [-0.4, -0.2) is 7.11 Å². The lowest BCUT2D eigenvalue weighted by Gasteiger charge is -2.27. The zero-order valence-corrected chi connectivity index (χ0v) is 11.0. The normalized spacial score (nSPS) is 25.1. The van der Waals surface area contributed by atoms with Gasteiger partial charge >= 0.3 is 0 Å². The van der Waals surface area contributed by atoms with Crippen LogP contribution in [0.3, 0.4) is 0 Å². The Balaban J connectivity index is 1.95. The van der Waals surface area contributed by atoms with E-state index in [-0.39, 0.29) is 0 Å². The number of hydrogen-bond acceptors (Lipinski definition) is 1. The van der Waals surface area contributed by atoms with Crippen LogP contribution in [0.15, 0.2) is 35.9 Å². The molecule has 0 spiro atoms. The summed E-state index contributed by atoms with van der Waals surface area (Å²) >= 11 is 5.63. The largest absolute Gasteiger partial charge is 0.497 e. The summed E-state index contributed by atoms with van der Waals surface area (Å²) in [7, 11) is 1.71. The van der Waals surface area contributed by atoms with Crippen LogP contribution in [0, 0.1) is 5.92 Å². The Bertz CT molecular complexity index is 361. The molecule has 0 saturated heterocycles. The summed E-state index contributed by atoms with van der Waals surface area (Å²) in [6, 6.07) is 8.50. The van der Waals surface area contributed by atoms with E-state index >= 15 is 0 Å². The maximum absolute atomic E-state index is 5.63. The Morgan fingerprint density at radius 2 is 1.76 bits per heavy atom. The zero-order valence-electron chi connectivity index (χ0n) is 10.2. The van der Waals surface area contributed by atoms with E-state index in [9.17, 15) is 0 Å². The zero-order chi connectivity index (χ0) is 12.1. The average molecular weight is 251 g/mol. The number of benzene rings is 1. The molecule has 0 unspecified atom stereocenters. The van der Waals surface area contributed by atoms with Crippen LogP contribution in [0.2, 0.25) is 0 Å². The molecular weight excluding hydrogens is 232 g/mol. The van der Waals surface area contributed by atoms with E-state index in [0.717, 1.165) is 5.75 Å². The molecule has 0 radical (unpaired) electrons. The molecular formula is C15H19ClO. The summed E-state index contributed by atoms with van der Waals surface area (Å²) in [4.78, 5) is 0. The molecule has 92 valence electrons. The maximum atomic E-state index is 5.63. The van der Waals surface area contributed by atoms with E-state index in [1.54, 1.807) is 12.6 Å². The Labute approximate surface area is 108 Å². The van der Waals surface area contributed by atoms with E-state index in [2.05, 4.69) is 30.3 Å². The van der Waals surface area contributed by atoms with Crippen molar-refractivity contribution >= 4 is 11.6 Å². The lowest BCUT2D eigenvalue weighted by molar-refractivity contribution is 0.375. The fourth-order valence-corrected chi connectivity index (χ4v) is 2.83. The molecule has 1 saturated carbocycles. The highest BCUT2D eigenvalue weighted by molar-refractivity contribution is 6.25. The fourth-order valence-electron chi connectivity index (χ4n) is 2.62. The van der Waals surface area contributed by atoms with Crippen LogP contribution in [0.4, 0.5) is 0 Å². The molecule has 17 heavy (non-hydrogen) atoms. The molecule has 0 atom stereocenters. The molecule has 0 N–H and O–H groups in total. The number of hydrogen-bond donors (Lipinski definition) is 0. The number of halogens is 1. The van der Waals surface area contributed by atoms with Gasteiger partial charge in [-0.15, -0.1) is 0 Å². The number of rotatable bonds is 3. The third-order valence-electron chi connectivity index (χ3n) is 3.70. The molecule has 0 aliphatic heterocycles. The van der Waals surface area contributed by atoms with Crippen molar-refractivity contribution in [2.75, 3.05) is 7.11 Å². The van der Waals surface area contributed by atoms with Gasteiger partial charge in [0, 0.05) is 5.54 Å². The minimum Gasteiger partial charge on any atom is -0.497 e. The first-order valence-corrected chi connectivity index (χ1v) is 6.68. The molecule has 1 aromatic carbocycles. The standard InChI is InChI=1S/C15H19ClO/c1-17-15-8-6-14(7-9-15)13-4-2-12(3-5-13)10-11-16/h6-13H,2-5H2,1H3/b11-10+. The maximum Gasteiger partial charge on any atom is 0.118 e. The quantitative estimate of drug-likeness (QED) is 0.754. The monoisotopic (exact) mass is 250 g/mol. The second-order valence-corrected chi connectivity index (χ2v) is 4.96. The molecule has 1 aromatic rings. The Morgan fingerprint density at radius 1 is 1.12 bits per heavy atom. The van der Waals surface area contributed by atoms with Gasteiger partial charge in [-0.05, 0) is 55.2 Å². The van der Waals surface area contributed by atoms with Crippen LogP contribution in [0.1, 0.15) is 37.2 Å². The van der Waals surface area contributed by atoms with Gasteiger partial charge in [-0.1, -0.05) is 29.8 Å².